The molecule has 3 aromatic rings. The standard InChI is InChI=1S/C24H25ClN2O6/c25-17-3-1-4-21(12-17)32-15-19(29)13-27-18(14-28)11-16-6-8-20(9-7-16)33-23-22(24(30)31)5-2-10-26-23/h1-10,12,18-19,27-29H,11,13-15H2,(H,30,31)/t18-,19-/m0/s1. The van der Waals surface area contributed by atoms with E-state index in [2.05, 4.69) is 10.3 Å². The van der Waals surface area contributed by atoms with E-state index in [9.17, 15) is 20.1 Å². The van der Waals surface area contributed by atoms with Crippen LogP contribution in [0.1, 0.15) is 15.9 Å². The van der Waals surface area contributed by atoms with Crippen LogP contribution in [0.25, 0.3) is 0 Å². The molecule has 0 fully saturated rings. The highest BCUT2D eigenvalue weighted by Gasteiger charge is 2.14. The minimum Gasteiger partial charge on any atom is -0.491 e. The molecule has 33 heavy (non-hydrogen) atoms. The van der Waals surface area contributed by atoms with Crippen molar-refractivity contribution in [1.82, 2.24) is 10.3 Å². The molecule has 0 saturated heterocycles. The summed E-state index contributed by atoms with van der Waals surface area (Å²) in [4.78, 5) is 15.2. The van der Waals surface area contributed by atoms with Crippen molar-refractivity contribution in [2.45, 2.75) is 18.6 Å². The number of hydrogen-bond donors (Lipinski definition) is 4. The van der Waals surface area contributed by atoms with Gasteiger partial charge < -0.3 is 30.1 Å². The first-order chi connectivity index (χ1) is 15.9. The molecule has 0 unspecified atom stereocenters. The summed E-state index contributed by atoms with van der Waals surface area (Å²) < 4.78 is 11.1. The number of carboxylic acid groups (broad SMARTS) is 1. The molecule has 2 aromatic carbocycles. The summed E-state index contributed by atoms with van der Waals surface area (Å²) in [5, 5.41) is 32.8. The molecule has 0 saturated carbocycles. The zero-order valence-electron chi connectivity index (χ0n) is 17.7. The molecule has 1 heterocycles. The van der Waals surface area contributed by atoms with Gasteiger partial charge in [0.05, 0.1) is 6.61 Å². The van der Waals surface area contributed by atoms with Gasteiger partial charge in [0, 0.05) is 23.8 Å². The molecule has 4 N–H and O–H groups in total. The fraction of sp³-hybridized carbons (Fsp3) is 0.250. The number of aromatic nitrogens is 1. The largest absolute Gasteiger partial charge is 0.491 e. The van der Waals surface area contributed by atoms with Gasteiger partial charge in [-0.2, -0.15) is 0 Å². The number of halogens is 1. The van der Waals surface area contributed by atoms with E-state index in [4.69, 9.17) is 21.1 Å². The van der Waals surface area contributed by atoms with Gasteiger partial charge in [-0.05, 0) is 54.4 Å². The Hall–Kier alpha value is -3.17. The lowest BCUT2D eigenvalue weighted by Gasteiger charge is -2.19. The molecular weight excluding hydrogens is 448 g/mol. The Morgan fingerprint density at radius 3 is 2.58 bits per heavy atom. The van der Waals surface area contributed by atoms with Gasteiger partial charge in [-0.25, -0.2) is 9.78 Å². The number of benzene rings is 2. The smallest absolute Gasteiger partial charge is 0.341 e. The van der Waals surface area contributed by atoms with Crippen LogP contribution in [0, 0.1) is 0 Å². The first-order valence-electron chi connectivity index (χ1n) is 10.3. The normalized spacial score (nSPS) is 12.7. The molecule has 2 atom stereocenters. The molecule has 174 valence electrons. The van der Waals surface area contributed by atoms with Crippen LogP contribution < -0.4 is 14.8 Å². The third-order valence-electron chi connectivity index (χ3n) is 4.72. The fourth-order valence-electron chi connectivity index (χ4n) is 3.04. The Bertz CT molecular complexity index is 1050. The summed E-state index contributed by atoms with van der Waals surface area (Å²) in [6, 6.07) is 16.7. The number of carboxylic acids is 1. The first kappa shape index (κ1) is 24.5. The second-order valence-corrected chi connectivity index (χ2v) is 7.76. The van der Waals surface area contributed by atoms with Crippen molar-refractivity contribution in [2.24, 2.45) is 0 Å². The van der Waals surface area contributed by atoms with Gasteiger partial charge in [-0.3, -0.25) is 0 Å². The van der Waals surface area contributed by atoms with E-state index in [1.807, 2.05) is 12.1 Å². The molecule has 0 spiro atoms. The van der Waals surface area contributed by atoms with E-state index in [-0.39, 0.29) is 37.2 Å². The van der Waals surface area contributed by atoms with Crippen molar-refractivity contribution in [3.05, 3.63) is 83.0 Å². The van der Waals surface area contributed by atoms with Crippen LogP contribution in [-0.4, -0.2) is 58.2 Å². The minimum absolute atomic E-state index is 0.0154. The van der Waals surface area contributed by atoms with Crippen molar-refractivity contribution >= 4 is 17.6 Å². The van der Waals surface area contributed by atoms with Gasteiger partial charge in [0.15, 0.2) is 0 Å². The van der Waals surface area contributed by atoms with Gasteiger partial charge in [0.25, 0.3) is 0 Å². The number of aliphatic hydroxyl groups is 2. The SMILES string of the molecule is O=C(O)c1cccnc1Oc1ccc(C[C@@H](CO)NC[C@H](O)COc2cccc(Cl)c2)cc1. The third-order valence-corrected chi connectivity index (χ3v) is 4.96. The van der Waals surface area contributed by atoms with Crippen LogP contribution in [-0.2, 0) is 6.42 Å². The number of hydrogen-bond acceptors (Lipinski definition) is 7. The maximum atomic E-state index is 11.3. The molecule has 0 amide bonds. The molecule has 0 aliphatic carbocycles. The van der Waals surface area contributed by atoms with Gasteiger partial charge in [0.2, 0.25) is 5.88 Å². The Kier molecular flexibility index (Phi) is 9.03. The zero-order valence-corrected chi connectivity index (χ0v) is 18.5. The molecule has 0 radical (unpaired) electrons. The lowest BCUT2D eigenvalue weighted by atomic mass is 10.1. The number of carbonyl (C=O) groups is 1. The molecule has 0 aliphatic rings. The van der Waals surface area contributed by atoms with Crippen LogP contribution in [0.2, 0.25) is 5.02 Å². The summed E-state index contributed by atoms with van der Waals surface area (Å²) in [7, 11) is 0. The average molecular weight is 473 g/mol. The maximum absolute atomic E-state index is 11.3. The zero-order chi connectivity index (χ0) is 23.6. The Morgan fingerprint density at radius 2 is 1.88 bits per heavy atom. The van der Waals surface area contributed by atoms with Gasteiger partial charge >= 0.3 is 5.97 Å². The number of aliphatic hydroxyl groups excluding tert-OH is 2. The van der Waals surface area contributed by atoms with Crippen molar-refractivity contribution in [1.29, 1.82) is 0 Å². The molecule has 1 aromatic heterocycles. The number of nitrogens with one attached hydrogen (secondary N) is 1. The summed E-state index contributed by atoms with van der Waals surface area (Å²) >= 11 is 5.91. The van der Waals surface area contributed by atoms with Gasteiger partial charge in [-0.15, -0.1) is 0 Å². The predicted molar refractivity (Wildman–Crippen MR) is 123 cm³/mol. The summed E-state index contributed by atoms with van der Waals surface area (Å²) in [6.07, 6.45) is 1.21. The van der Waals surface area contributed by atoms with Crippen LogP contribution in [0.5, 0.6) is 17.4 Å². The highest BCUT2D eigenvalue weighted by molar-refractivity contribution is 6.30. The number of pyridine rings is 1. The summed E-state index contributed by atoms with van der Waals surface area (Å²) in [5.41, 5.74) is 0.905. The van der Waals surface area contributed by atoms with Gasteiger partial charge in [0.1, 0.15) is 29.8 Å². The lowest BCUT2D eigenvalue weighted by Crippen LogP contribution is -2.41. The Morgan fingerprint density at radius 1 is 1.09 bits per heavy atom. The number of ether oxygens (including phenoxy) is 2. The summed E-state index contributed by atoms with van der Waals surface area (Å²) in [5.74, 6) is -0.0841. The quantitative estimate of drug-likeness (QED) is 0.317. The van der Waals surface area contributed by atoms with Crippen molar-refractivity contribution in [2.75, 3.05) is 19.8 Å². The highest BCUT2D eigenvalue weighted by atomic mass is 35.5. The monoisotopic (exact) mass is 472 g/mol. The Balaban J connectivity index is 1.48. The van der Waals surface area contributed by atoms with Crippen molar-refractivity contribution < 1.29 is 29.6 Å². The maximum Gasteiger partial charge on any atom is 0.341 e. The van der Waals surface area contributed by atoms with E-state index < -0.39 is 12.1 Å². The van der Waals surface area contributed by atoms with E-state index in [0.29, 0.717) is 22.9 Å². The van der Waals surface area contributed by atoms with Crippen LogP contribution in [0.4, 0.5) is 0 Å². The molecule has 8 nitrogen and oxygen atoms in total. The third kappa shape index (κ3) is 7.73. The second-order valence-electron chi connectivity index (χ2n) is 7.32. The average Bonchev–Trinajstić information content (AvgIpc) is 2.81. The van der Waals surface area contributed by atoms with Crippen LogP contribution in [0.3, 0.4) is 0 Å². The van der Waals surface area contributed by atoms with Crippen molar-refractivity contribution in [3.63, 3.8) is 0 Å². The summed E-state index contributed by atoms with van der Waals surface area (Å²) in [6.45, 7) is 0.212. The molecule has 0 aliphatic heterocycles. The Labute approximate surface area is 196 Å². The van der Waals surface area contributed by atoms with E-state index >= 15 is 0 Å². The number of aromatic carboxylic acids is 1. The minimum atomic E-state index is -1.12. The van der Waals surface area contributed by atoms with Crippen LogP contribution in [0.15, 0.2) is 66.9 Å². The highest BCUT2D eigenvalue weighted by Crippen LogP contribution is 2.23. The van der Waals surface area contributed by atoms with Crippen LogP contribution >= 0.6 is 11.6 Å². The molecular formula is C24H25ClN2O6. The predicted octanol–water partition coefficient (Wildman–Crippen LogP) is 3.16. The molecule has 3 rings (SSSR count). The number of nitrogens with zero attached hydrogens (tertiary/aromatic N) is 1. The first-order valence-corrected chi connectivity index (χ1v) is 10.7. The van der Waals surface area contributed by atoms with E-state index in [1.54, 1.807) is 36.4 Å². The van der Waals surface area contributed by atoms with Gasteiger partial charge in [-0.1, -0.05) is 29.8 Å². The van der Waals surface area contributed by atoms with E-state index in [1.165, 1.54) is 18.3 Å². The lowest BCUT2D eigenvalue weighted by molar-refractivity contribution is 0.0693. The van der Waals surface area contributed by atoms with E-state index in [0.717, 1.165) is 5.56 Å². The fourth-order valence-corrected chi connectivity index (χ4v) is 3.22. The van der Waals surface area contributed by atoms with Crippen molar-refractivity contribution in [3.8, 4) is 17.4 Å². The molecule has 0 bridgehead atoms. The molecule has 9 heteroatoms. The number of rotatable bonds is 12. The topological polar surface area (TPSA) is 121 Å². The second kappa shape index (κ2) is 12.2.